The van der Waals surface area contributed by atoms with Crippen molar-refractivity contribution in [1.29, 1.82) is 0 Å². The van der Waals surface area contributed by atoms with Gasteiger partial charge in [0.2, 0.25) is 0 Å². The van der Waals surface area contributed by atoms with Crippen LogP contribution in [0.1, 0.15) is 19.7 Å². The van der Waals surface area contributed by atoms with E-state index < -0.39 is 0 Å². The minimum atomic E-state index is 0. The zero-order valence-corrected chi connectivity index (χ0v) is 4.61. The van der Waals surface area contributed by atoms with Crippen LogP contribution in [-0.2, 0) is 6.61 Å². The molecule has 0 aliphatic carbocycles. The van der Waals surface area contributed by atoms with Gasteiger partial charge in [0, 0.05) is 4.88 Å². The molecular formula is C7H14OS. The maximum atomic E-state index is 8.44. The van der Waals surface area contributed by atoms with Gasteiger partial charge >= 0.3 is 0 Å². The third kappa shape index (κ3) is 3.27. The first-order valence-corrected chi connectivity index (χ1v) is 2.94. The van der Waals surface area contributed by atoms with E-state index in [1.54, 1.807) is 11.3 Å². The van der Waals surface area contributed by atoms with Gasteiger partial charge in [0.25, 0.3) is 0 Å². The van der Waals surface area contributed by atoms with Crippen LogP contribution in [0.3, 0.4) is 0 Å². The molecule has 0 spiro atoms. The molecule has 0 aromatic carbocycles. The highest BCUT2D eigenvalue weighted by molar-refractivity contribution is 7.09. The van der Waals surface area contributed by atoms with Crippen LogP contribution in [0, 0.1) is 0 Å². The second kappa shape index (κ2) is 5.79. The van der Waals surface area contributed by atoms with Gasteiger partial charge in [-0.1, -0.05) is 20.9 Å². The highest BCUT2D eigenvalue weighted by Gasteiger charge is 1.83. The summed E-state index contributed by atoms with van der Waals surface area (Å²) in [5.41, 5.74) is 0. The first-order chi connectivity index (χ1) is 3.43. The van der Waals surface area contributed by atoms with Crippen LogP contribution in [0.5, 0.6) is 0 Å². The number of rotatable bonds is 1. The van der Waals surface area contributed by atoms with Crippen LogP contribution in [-0.4, -0.2) is 5.11 Å². The summed E-state index contributed by atoms with van der Waals surface area (Å²) in [6.45, 7) is 0.178. The molecule has 1 heterocycles. The van der Waals surface area contributed by atoms with Crippen molar-refractivity contribution < 1.29 is 5.11 Å². The van der Waals surface area contributed by atoms with Crippen molar-refractivity contribution in [2.45, 2.75) is 21.5 Å². The van der Waals surface area contributed by atoms with E-state index in [0.29, 0.717) is 0 Å². The lowest BCUT2D eigenvalue weighted by molar-refractivity contribution is 0.285. The lowest BCUT2D eigenvalue weighted by atomic mass is 10.5. The van der Waals surface area contributed by atoms with Crippen molar-refractivity contribution >= 4 is 11.3 Å². The molecule has 1 rings (SSSR count). The highest BCUT2D eigenvalue weighted by atomic mass is 32.1. The fourth-order valence-corrected chi connectivity index (χ4v) is 0.966. The van der Waals surface area contributed by atoms with Crippen molar-refractivity contribution in [3.8, 4) is 0 Å². The Kier molecular flexibility index (Phi) is 7.37. The average molecular weight is 146 g/mol. The number of hydrogen-bond donors (Lipinski definition) is 1. The third-order valence-electron chi connectivity index (χ3n) is 0.736. The molecule has 0 fully saturated rings. The molecule has 0 aliphatic rings. The van der Waals surface area contributed by atoms with Crippen molar-refractivity contribution in [2.75, 3.05) is 0 Å². The Hall–Kier alpha value is -0.340. The maximum absolute atomic E-state index is 8.44. The summed E-state index contributed by atoms with van der Waals surface area (Å²) in [6.07, 6.45) is 0. The fourth-order valence-electron chi connectivity index (χ4n) is 0.403. The quantitative estimate of drug-likeness (QED) is 0.645. The fraction of sp³-hybridized carbons (Fsp3) is 0.429. The molecule has 1 nitrogen and oxygen atoms in total. The summed E-state index contributed by atoms with van der Waals surface area (Å²) in [6, 6.07) is 3.83. The topological polar surface area (TPSA) is 20.2 Å². The van der Waals surface area contributed by atoms with E-state index in [4.69, 9.17) is 5.11 Å². The van der Waals surface area contributed by atoms with E-state index in [-0.39, 0.29) is 21.5 Å². The van der Waals surface area contributed by atoms with E-state index >= 15 is 0 Å². The molecule has 0 radical (unpaired) electrons. The van der Waals surface area contributed by atoms with Crippen LogP contribution >= 0.6 is 11.3 Å². The van der Waals surface area contributed by atoms with Gasteiger partial charge in [-0.05, 0) is 11.4 Å². The normalized spacial score (nSPS) is 7.22. The predicted octanol–water partition coefficient (Wildman–Crippen LogP) is 2.51. The summed E-state index contributed by atoms with van der Waals surface area (Å²) in [5, 5.41) is 10.4. The summed E-state index contributed by atoms with van der Waals surface area (Å²) in [5.74, 6) is 0. The van der Waals surface area contributed by atoms with Crippen molar-refractivity contribution in [3.63, 3.8) is 0 Å². The first-order valence-electron chi connectivity index (χ1n) is 2.06. The van der Waals surface area contributed by atoms with Gasteiger partial charge in [0.1, 0.15) is 0 Å². The van der Waals surface area contributed by atoms with Crippen LogP contribution in [0.25, 0.3) is 0 Å². The summed E-state index contributed by atoms with van der Waals surface area (Å²) in [4.78, 5) is 1.03. The smallest absolute Gasteiger partial charge is 0.0774 e. The maximum Gasteiger partial charge on any atom is 0.0774 e. The Labute approximate surface area is 61.0 Å². The van der Waals surface area contributed by atoms with Crippen LogP contribution in [0.2, 0.25) is 0 Å². The van der Waals surface area contributed by atoms with E-state index in [9.17, 15) is 0 Å². The number of aliphatic hydroxyl groups excluding tert-OH is 1. The number of hydrogen-bond acceptors (Lipinski definition) is 2. The van der Waals surface area contributed by atoms with Crippen molar-refractivity contribution in [1.82, 2.24) is 0 Å². The zero-order chi connectivity index (χ0) is 5.11. The number of aliphatic hydroxyl groups is 1. The Balaban J connectivity index is 0. The standard InChI is InChI=1S/C5H6OS.2CH4/c6-4-5-2-1-3-7-5;;/h1-3,6H,4H2;2*1H4. The van der Waals surface area contributed by atoms with Crippen LogP contribution in [0.4, 0.5) is 0 Å². The molecule has 0 amide bonds. The largest absolute Gasteiger partial charge is 0.391 e. The summed E-state index contributed by atoms with van der Waals surface area (Å²) < 4.78 is 0. The minimum absolute atomic E-state index is 0. The van der Waals surface area contributed by atoms with Gasteiger partial charge in [-0.3, -0.25) is 0 Å². The van der Waals surface area contributed by atoms with E-state index in [0.717, 1.165) is 4.88 Å². The molecule has 2 heteroatoms. The van der Waals surface area contributed by atoms with Gasteiger partial charge in [-0.2, -0.15) is 0 Å². The second-order valence-electron chi connectivity index (χ2n) is 1.24. The van der Waals surface area contributed by atoms with E-state index in [2.05, 4.69) is 0 Å². The van der Waals surface area contributed by atoms with Crippen molar-refractivity contribution in [3.05, 3.63) is 22.4 Å². The van der Waals surface area contributed by atoms with Gasteiger partial charge < -0.3 is 5.11 Å². The lowest BCUT2D eigenvalue weighted by Crippen LogP contribution is -1.69. The zero-order valence-electron chi connectivity index (χ0n) is 3.79. The second-order valence-corrected chi connectivity index (χ2v) is 2.27. The van der Waals surface area contributed by atoms with Crippen molar-refractivity contribution in [2.24, 2.45) is 0 Å². The molecule has 1 aromatic rings. The molecule has 0 unspecified atom stereocenters. The molecule has 0 bridgehead atoms. The van der Waals surface area contributed by atoms with Gasteiger partial charge in [-0.25, -0.2) is 0 Å². The Morgan fingerprint density at radius 1 is 1.44 bits per heavy atom. The summed E-state index contributed by atoms with van der Waals surface area (Å²) in [7, 11) is 0. The lowest BCUT2D eigenvalue weighted by Gasteiger charge is -1.78. The molecular weight excluding hydrogens is 132 g/mol. The Morgan fingerprint density at radius 2 is 2.11 bits per heavy atom. The highest BCUT2D eigenvalue weighted by Crippen LogP contribution is 2.06. The predicted molar refractivity (Wildman–Crippen MR) is 43.7 cm³/mol. The van der Waals surface area contributed by atoms with Gasteiger partial charge in [0.05, 0.1) is 6.61 Å². The Morgan fingerprint density at radius 3 is 2.33 bits per heavy atom. The molecule has 1 N–H and O–H groups in total. The number of thiophene rings is 1. The molecule has 54 valence electrons. The SMILES string of the molecule is C.C.OCc1cccs1. The Bertz CT molecular complexity index is 123. The summed E-state index contributed by atoms with van der Waals surface area (Å²) >= 11 is 1.57. The monoisotopic (exact) mass is 146 g/mol. The van der Waals surface area contributed by atoms with Crippen LogP contribution < -0.4 is 0 Å². The molecule has 0 saturated heterocycles. The average Bonchev–Trinajstić information content (AvgIpc) is 2.14. The van der Waals surface area contributed by atoms with E-state index in [1.807, 2.05) is 17.5 Å². The molecule has 0 atom stereocenters. The molecule has 1 aromatic heterocycles. The van der Waals surface area contributed by atoms with Crippen LogP contribution in [0.15, 0.2) is 17.5 Å². The molecule has 0 aliphatic heterocycles. The third-order valence-corrected chi connectivity index (χ3v) is 1.60. The first kappa shape index (κ1) is 11.5. The van der Waals surface area contributed by atoms with E-state index in [1.165, 1.54) is 0 Å². The van der Waals surface area contributed by atoms with Gasteiger partial charge in [0.15, 0.2) is 0 Å². The van der Waals surface area contributed by atoms with Gasteiger partial charge in [-0.15, -0.1) is 11.3 Å². The minimum Gasteiger partial charge on any atom is -0.391 e. The molecule has 9 heavy (non-hydrogen) atoms. The molecule has 0 saturated carbocycles.